The molecule has 134 valence electrons. The van der Waals surface area contributed by atoms with E-state index in [1.54, 1.807) is 0 Å². The molecule has 1 aromatic rings. The van der Waals surface area contributed by atoms with E-state index in [1.807, 2.05) is 11.0 Å². The van der Waals surface area contributed by atoms with Crippen LogP contribution in [0.15, 0.2) is 6.07 Å². The molecule has 2 aliphatic carbocycles. The SMILES string of the molecule is CC(C)(C)n1nc(C(=O)N2CC3CCC(N)C3C2)cc1C1CC1.Cl. The zero-order valence-electron chi connectivity index (χ0n) is 14.9. The third-order valence-electron chi connectivity index (χ3n) is 5.79. The molecule has 1 aromatic heterocycles. The Morgan fingerprint density at radius 3 is 2.50 bits per heavy atom. The van der Waals surface area contributed by atoms with Crippen molar-refractivity contribution in [1.29, 1.82) is 0 Å². The van der Waals surface area contributed by atoms with Gasteiger partial charge in [0.05, 0.1) is 5.54 Å². The van der Waals surface area contributed by atoms with Crippen LogP contribution in [0.5, 0.6) is 0 Å². The molecule has 1 amide bonds. The average molecular weight is 353 g/mol. The van der Waals surface area contributed by atoms with Gasteiger partial charge in [-0.2, -0.15) is 5.10 Å². The summed E-state index contributed by atoms with van der Waals surface area (Å²) in [5.41, 5.74) is 7.97. The molecule has 24 heavy (non-hydrogen) atoms. The summed E-state index contributed by atoms with van der Waals surface area (Å²) in [6.45, 7) is 8.13. The van der Waals surface area contributed by atoms with Gasteiger partial charge >= 0.3 is 0 Å². The maximum absolute atomic E-state index is 12.9. The minimum Gasteiger partial charge on any atom is -0.337 e. The number of amides is 1. The summed E-state index contributed by atoms with van der Waals surface area (Å²) in [7, 11) is 0. The highest BCUT2D eigenvalue weighted by atomic mass is 35.5. The number of likely N-dealkylation sites (tertiary alicyclic amines) is 1. The smallest absolute Gasteiger partial charge is 0.274 e. The second kappa shape index (κ2) is 6.03. The summed E-state index contributed by atoms with van der Waals surface area (Å²) in [5, 5.41) is 4.69. The van der Waals surface area contributed by atoms with Crippen LogP contribution in [0.1, 0.15) is 68.6 Å². The molecule has 6 heteroatoms. The van der Waals surface area contributed by atoms with E-state index < -0.39 is 0 Å². The van der Waals surface area contributed by atoms with Gasteiger partial charge in [0.25, 0.3) is 5.91 Å². The van der Waals surface area contributed by atoms with Gasteiger partial charge in [0.1, 0.15) is 0 Å². The normalized spacial score (nSPS) is 29.5. The molecule has 0 bridgehead atoms. The fourth-order valence-corrected chi connectivity index (χ4v) is 4.34. The van der Waals surface area contributed by atoms with Crippen molar-refractivity contribution >= 4 is 18.3 Å². The predicted octanol–water partition coefficient (Wildman–Crippen LogP) is 2.75. The standard InChI is InChI=1S/C18H28N4O.ClH/c1-18(2,3)22-16(11-4-5-11)8-15(20-22)17(23)21-9-12-6-7-14(19)13(12)10-21;/h8,11-14H,4-7,9-10,19H2,1-3H3;1H. The van der Waals surface area contributed by atoms with Gasteiger partial charge in [-0.3, -0.25) is 9.48 Å². The van der Waals surface area contributed by atoms with Crippen molar-refractivity contribution in [1.82, 2.24) is 14.7 Å². The Morgan fingerprint density at radius 1 is 1.21 bits per heavy atom. The highest BCUT2D eigenvalue weighted by Crippen LogP contribution is 2.42. The highest BCUT2D eigenvalue weighted by Gasteiger charge is 2.43. The Balaban J connectivity index is 0.00000169. The molecule has 1 saturated heterocycles. The topological polar surface area (TPSA) is 64.2 Å². The van der Waals surface area contributed by atoms with Crippen LogP contribution in [0.25, 0.3) is 0 Å². The van der Waals surface area contributed by atoms with E-state index in [2.05, 4.69) is 25.5 Å². The van der Waals surface area contributed by atoms with E-state index in [0.29, 0.717) is 23.4 Å². The number of carbonyl (C=O) groups excluding carboxylic acids is 1. The molecule has 3 atom stereocenters. The third kappa shape index (κ3) is 2.97. The molecule has 0 aromatic carbocycles. The van der Waals surface area contributed by atoms with Crippen LogP contribution in [-0.2, 0) is 5.54 Å². The van der Waals surface area contributed by atoms with E-state index in [0.717, 1.165) is 19.5 Å². The minimum absolute atomic E-state index is 0. The zero-order chi connectivity index (χ0) is 16.4. The molecule has 3 unspecified atom stereocenters. The summed E-state index contributed by atoms with van der Waals surface area (Å²) in [4.78, 5) is 14.9. The van der Waals surface area contributed by atoms with Gasteiger partial charge in [-0.1, -0.05) is 0 Å². The molecule has 3 fully saturated rings. The number of halogens is 1. The van der Waals surface area contributed by atoms with Crippen molar-refractivity contribution in [3.8, 4) is 0 Å². The first kappa shape index (κ1) is 17.7. The molecular weight excluding hydrogens is 324 g/mol. The lowest BCUT2D eigenvalue weighted by Gasteiger charge is -2.22. The lowest BCUT2D eigenvalue weighted by Crippen LogP contribution is -2.34. The molecular formula is C18H29ClN4O. The number of hydrogen-bond donors (Lipinski definition) is 1. The number of fused-ring (bicyclic) bond motifs is 1. The molecule has 0 radical (unpaired) electrons. The Morgan fingerprint density at radius 2 is 1.92 bits per heavy atom. The predicted molar refractivity (Wildman–Crippen MR) is 96.5 cm³/mol. The molecule has 2 heterocycles. The summed E-state index contributed by atoms with van der Waals surface area (Å²) in [6, 6.07) is 2.31. The molecule has 3 aliphatic rings. The highest BCUT2D eigenvalue weighted by molar-refractivity contribution is 5.92. The largest absolute Gasteiger partial charge is 0.337 e. The van der Waals surface area contributed by atoms with E-state index >= 15 is 0 Å². The fourth-order valence-electron chi connectivity index (χ4n) is 4.34. The van der Waals surface area contributed by atoms with Crippen LogP contribution in [-0.4, -0.2) is 39.7 Å². The molecule has 5 nitrogen and oxygen atoms in total. The Kier molecular flexibility index (Phi) is 4.45. The quantitative estimate of drug-likeness (QED) is 0.890. The van der Waals surface area contributed by atoms with Crippen molar-refractivity contribution in [2.45, 2.75) is 64.0 Å². The molecule has 2 saturated carbocycles. The first-order valence-electron chi connectivity index (χ1n) is 9.00. The number of carbonyl (C=O) groups is 1. The van der Waals surface area contributed by atoms with E-state index in [4.69, 9.17) is 10.8 Å². The van der Waals surface area contributed by atoms with Gasteiger partial charge in [0.2, 0.25) is 0 Å². The van der Waals surface area contributed by atoms with Crippen molar-refractivity contribution in [2.75, 3.05) is 13.1 Å². The van der Waals surface area contributed by atoms with Gasteiger partial charge in [-0.25, -0.2) is 0 Å². The van der Waals surface area contributed by atoms with Crippen molar-refractivity contribution in [3.05, 3.63) is 17.5 Å². The Hall–Kier alpha value is -1.07. The van der Waals surface area contributed by atoms with Gasteiger partial charge < -0.3 is 10.6 Å². The van der Waals surface area contributed by atoms with Crippen LogP contribution in [0, 0.1) is 11.8 Å². The van der Waals surface area contributed by atoms with Crippen molar-refractivity contribution < 1.29 is 4.79 Å². The van der Waals surface area contributed by atoms with Crippen LogP contribution < -0.4 is 5.73 Å². The van der Waals surface area contributed by atoms with Crippen LogP contribution in [0.2, 0.25) is 0 Å². The van der Waals surface area contributed by atoms with E-state index in [-0.39, 0.29) is 29.9 Å². The lowest BCUT2D eigenvalue weighted by molar-refractivity contribution is 0.0772. The molecule has 1 aliphatic heterocycles. The maximum atomic E-state index is 12.9. The van der Waals surface area contributed by atoms with Gasteiger partial charge in [-0.05, 0) is 64.4 Å². The Bertz CT molecular complexity index is 631. The van der Waals surface area contributed by atoms with E-state index in [1.165, 1.54) is 25.0 Å². The van der Waals surface area contributed by atoms with Crippen LogP contribution in [0.3, 0.4) is 0 Å². The average Bonchev–Trinajstić information content (AvgIpc) is 2.96. The zero-order valence-corrected chi connectivity index (χ0v) is 15.7. The maximum Gasteiger partial charge on any atom is 0.274 e. The number of aromatic nitrogens is 2. The Labute approximate surface area is 150 Å². The number of nitrogens with zero attached hydrogens (tertiary/aromatic N) is 3. The van der Waals surface area contributed by atoms with Gasteiger partial charge in [0.15, 0.2) is 5.69 Å². The second-order valence-electron chi connectivity index (χ2n) is 8.69. The third-order valence-corrected chi connectivity index (χ3v) is 5.79. The first-order valence-corrected chi connectivity index (χ1v) is 9.00. The second-order valence-corrected chi connectivity index (χ2v) is 8.69. The fraction of sp³-hybridized carbons (Fsp3) is 0.778. The summed E-state index contributed by atoms with van der Waals surface area (Å²) < 4.78 is 2.07. The van der Waals surface area contributed by atoms with Gasteiger partial charge in [-0.15, -0.1) is 12.4 Å². The number of rotatable bonds is 2. The summed E-state index contributed by atoms with van der Waals surface area (Å²) in [5.74, 6) is 1.78. The molecule has 0 spiro atoms. The van der Waals surface area contributed by atoms with Gasteiger partial charge in [0, 0.05) is 30.7 Å². The first-order chi connectivity index (χ1) is 10.8. The molecule has 2 N–H and O–H groups in total. The van der Waals surface area contributed by atoms with Crippen molar-refractivity contribution in [2.24, 2.45) is 17.6 Å². The molecule has 4 rings (SSSR count). The number of hydrogen-bond acceptors (Lipinski definition) is 3. The van der Waals surface area contributed by atoms with Crippen molar-refractivity contribution in [3.63, 3.8) is 0 Å². The van der Waals surface area contributed by atoms with Crippen LogP contribution >= 0.6 is 12.4 Å². The number of nitrogens with two attached hydrogens (primary N) is 1. The van der Waals surface area contributed by atoms with E-state index in [9.17, 15) is 4.79 Å². The summed E-state index contributed by atoms with van der Waals surface area (Å²) >= 11 is 0. The monoisotopic (exact) mass is 352 g/mol. The minimum atomic E-state index is -0.0830. The summed E-state index contributed by atoms with van der Waals surface area (Å²) in [6.07, 6.45) is 4.72. The van der Waals surface area contributed by atoms with Crippen LogP contribution in [0.4, 0.5) is 0 Å². The lowest BCUT2D eigenvalue weighted by atomic mass is 9.98.